The first-order chi connectivity index (χ1) is 19.7. The number of hydrogen-bond acceptors (Lipinski definition) is 5. The number of aliphatic hydroxyl groups excluding tert-OH is 2. The second kappa shape index (κ2) is 15.3. The number of amides is 1. The van der Waals surface area contributed by atoms with E-state index >= 15 is 0 Å². The van der Waals surface area contributed by atoms with E-state index in [2.05, 4.69) is 5.32 Å². The van der Waals surface area contributed by atoms with Gasteiger partial charge in [0.1, 0.15) is 5.82 Å². The molecular formula is C33H34FN2NaO5. The molecule has 0 saturated carbocycles. The number of aliphatic hydroxyl groups is 2. The number of para-hydroxylation sites is 1. The van der Waals surface area contributed by atoms with Crippen LogP contribution in [-0.2, 0) is 11.3 Å². The van der Waals surface area contributed by atoms with Gasteiger partial charge in [-0.25, -0.2) is 4.39 Å². The van der Waals surface area contributed by atoms with Crippen molar-refractivity contribution in [1.82, 2.24) is 4.57 Å². The van der Waals surface area contributed by atoms with Gasteiger partial charge in [0.15, 0.2) is 0 Å². The van der Waals surface area contributed by atoms with Gasteiger partial charge in [0.2, 0.25) is 0 Å². The maximum absolute atomic E-state index is 14.0. The molecule has 4 aromatic rings. The smallest absolute Gasteiger partial charge is 0.550 e. The molecule has 7 nitrogen and oxygen atoms in total. The molecule has 4 rings (SSSR count). The number of halogens is 1. The van der Waals surface area contributed by atoms with Crippen molar-refractivity contribution >= 4 is 17.6 Å². The number of benzene rings is 3. The van der Waals surface area contributed by atoms with Gasteiger partial charge < -0.3 is 30.0 Å². The van der Waals surface area contributed by atoms with Gasteiger partial charge in [-0.2, -0.15) is 0 Å². The summed E-state index contributed by atoms with van der Waals surface area (Å²) in [6.45, 7) is 4.22. The molecule has 2 atom stereocenters. The largest absolute Gasteiger partial charge is 1.00 e. The molecule has 1 amide bonds. The van der Waals surface area contributed by atoms with Crippen molar-refractivity contribution in [2.24, 2.45) is 0 Å². The Morgan fingerprint density at radius 2 is 1.48 bits per heavy atom. The van der Waals surface area contributed by atoms with Crippen molar-refractivity contribution < 1.29 is 58.9 Å². The molecule has 3 aromatic carbocycles. The SMILES string of the molecule is CC(C)c1c(C(=O)N[13c]2[13cH][13cH][13cH][13cH][13cH]2)c(-c2ccccc2)c(-c2ccc(F)cc2)n1CC[C@@H](O)C[C@@H](O)CC(=O)[O-].[Na+]. The number of aromatic nitrogens is 1. The molecule has 42 heavy (non-hydrogen) atoms. The molecule has 1 aromatic heterocycles. The molecule has 0 saturated heterocycles. The van der Waals surface area contributed by atoms with E-state index in [9.17, 15) is 29.3 Å². The van der Waals surface area contributed by atoms with Crippen molar-refractivity contribution in [2.75, 3.05) is 5.32 Å². The maximum atomic E-state index is 14.0. The minimum Gasteiger partial charge on any atom is -0.550 e. The summed E-state index contributed by atoms with van der Waals surface area (Å²) in [5.41, 5.74) is 4.72. The molecule has 0 fully saturated rings. The average Bonchev–Trinajstić information content (AvgIpc) is 3.28. The van der Waals surface area contributed by atoms with Crippen molar-refractivity contribution in [3.63, 3.8) is 0 Å². The zero-order valence-corrected chi connectivity index (χ0v) is 26.1. The van der Waals surface area contributed by atoms with E-state index in [4.69, 9.17) is 0 Å². The van der Waals surface area contributed by atoms with Gasteiger partial charge in [-0.1, -0.05) is 62.4 Å². The fourth-order valence-electron chi connectivity index (χ4n) is 5.19. The summed E-state index contributed by atoms with van der Waals surface area (Å²) in [7, 11) is 0. The van der Waals surface area contributed by atoms with Crippen LogP contribution in [0.5, 0.6) is 0 Å². The van der Waals surface area contributed by atoms with Crippen LogP contribution >= 0.6 is 0 Å². The van der Waals surface area contributed by atoms with E-state index in [1.54, 1.807) is 24.3 Å². The van der Waals surface area contributed by atoms with Gasteiger partial charge in [0.05, 0.1) is 23.5 Å². The van der Waals surface area contributed by atoms with E-state index in [0.717, 1.165) is 11.3 Å². The number of carbonyl (C=O) groups is 2. The number of rotatable bonds is 12. The molecule has 0 aliphatic heterocycles. The third-order valence-corrected chi connectivity index (χ3v) is 6.92. The quantitative estimate of drug-likeness (QED) is 0.220. The van der Waals surface area contributed by atoms with E-state index in [1.807, 2.05) is 66.9 Å². The van der Waals surface area contributed by atoms with Crippen LogP contribution in [0.25, 0.3) is 22.4 Å². The molecule has 0 bridgehead atoms. The number of aliphatic carboxylic acids is 1. The van der Waals surface area contributed by atoms with Gasteiger partial charge in [-0.3, -0.25) is 4.79 Å². The minimum absolute atomic E-state index is 0. The Labute approximate surface area is 267 Å². The van der Waals surface area contributed by atoms with Crippen LogP contribution in [0.2, 0.25) is 0 Å². The molecular weight excluding hydrogens is 552 g/mol. The predicted octanol–water partition coefficient (Wildman–Crippen LogP) is 1.98. The Kier molecular flexibility index (Phi) is 12.1. The van der Waals surface area contributed by atoms with Gasteiger partial charge in [0.25, 0.3) is 5.91 Å². The topological polar surface area (TPSA) is 115 Å². The summed E-state index contributed by atoms with van der Waals surface area (Å²) in [6, 6.07) is 24.7. The molecule has 0 radical (unpaired) electrons. The van der Waals surface area contributed by atoms with Crippen molar-refractivity contribution in [2.45, 2.75) is 57.8 Å². The fraction of sp³-hybridized carbons (Fsp3) is 0.273. The normalized spacial score (nSPS) is 12.4. The van der Waals surface area contributed by atoms with Gasteiger partial charge in [-0.15, -0.1) is 0 Å². The summed E-state index contributed by atoms with van der Waals surface area (Å²) >= 11 is 0. The van der Waals surface area contributed by atoms with Crippen LogP contribution in [0.1, 0.15) is 55.1 Å². The van der Waals surface area contributed by atoms with E-state index in [1.165, 1.54) is 12.1 Å². The van der Waals surface area contributed by atoms with Gasteiger partial charge in [0, 0.05) is 35.9 Å². The van der Waals surface area contributed by atoms with Crippen LogP contribution < -0.4 is 40.0 Å². The molecule has 0 aliphatic rings. The second-order valence-electron chi connectivity index (χ2n) is 10.4. The van der Waals surface area contributed by atoms with Crippen LogP contribution in [-0.4, -0.2) is 38.9 Å². The van der Waals surface area contributed by atoms with Crippen LogP contribution in [0, 0.1) is 5.82 Å². The maximum Gasteiger partial charge on any atom is 1.00 e. The molecule has 214 valence electrons. The number of carbonyl (C=O) groups excluding carboxylic acids is 2. The number of nitrogens with zero attached hydrogens (tertiary/aromatic N) is 1. The Hall–Kier alpha value is -3.27. The number of carboxylic acid groups (broad SMARTS) is 1. The summed E-state index contributed by atoms with van der Waals surface area (Å²) in [4.78, 5) is 24.9. The Balaban J connectivity index is 0.00000484. The van der Waals surface area contributed by atoms with E-state index in [0.29, 0.717) is 28.1 Å². The van der Waals surface area contributed by atoms with Crippen LogP contribution in [0.3, 0.4) is 0 Å². The third kappa shape index (κ3) is 8.18. The fourth-order valence-corrected chi connectivity index (χ4v) is 5.19. The van der Waals surface area contributed by atoms with Crippen LogP contribution in [0.15, 0.2) is 84.9 Å². The summed E-state index contributed by atoms with van der Waals surface area (Å²) in [5, 5.41) is 34.6. The number of carboxylic acids is 1. The second-order valence-corrected chi connectivity index (χ2v) is 10.4. The summed E-state index contributed by atoms with van der Waals surface area (Å²) < 4.78 is 16.0. The molecule has 0 unspecified atom stereocenters. The van der Waals surface area contributed by atoms with Crippen molar-refractivity contribution in [1.29, 1.82) is 0 Å². The number of anilines is 1. The number of hydrogen-bond donors (Lipinski definition) is 3. The monoisotopic (exact) mass is 586 g/mol. The van der Waals surface area contributed by atoms with Gasteiger partial charge >= 0.3 is 29.6 Å². The summed E-state index contributed by atoms with van der Waals surface area (Å²) in [5.74, 6) is -2.20. The first-order valence-corrected chi connectivity index (χ1v) is 13.7. The molecule has 3 N–H and O–H groups in total. The standard InChI is InChI=1S/C33H35FN2O5.Na/c1-21(2)31-30(33(41)35-25-11-7-4-8-12-25)29(22-9-5-3-6-10-22)32(23-13-15-24(34)16-14-23)36(31)18-17-26(37)19-27(38)20-28(39)40;/h3-16,21,26-27,37-38H,17-20H2,1-2H3,(H,35,41)(H,39,40);/q;+1/p-1/t26-,27-;/m1./s1/i4+1,7+1,8+1,11+1,12+1,25+1;. The minimum atomic E-state index is -1.39. The van der Waals surface area contributed by atoms with Crippen molar-refractivity contribution in [3.8, 4) is 22.4 Å². The summed E-state index contributed by atoms with van der Waals surface area (Å²) in [6.07, 6.45) is -2.77. The zero-order chi connectivity index (χ0) is 29.5. The Morgan fingerprint density at radius 1 is 0.881 bits per heavy atom. The molecule has 1 heterocycles. The van der Waals surface area contributed by atoms with Gasteiger partial charge in [-0.05, 0) is 66.3 Å². The van der Waals surface area contributed by atoms with E-state index < -0.39 is 30.4 Å². The Bertz CT molecular complexity index is 1470. The number of nitrogens with one attached hydrogen (secondary N) is 1. The first kappa shape index (κ1) is 33.2. The van der Waals surface area contributed by atoms with E-state index in [-0.39, 0.29) is 60.8 Å². The average molecular weight is 587 g/mol. The zero-order valence-electron chi connectivity index (χ0n) is 24.1. The molecule has 9 heteroatoms. The molecule has 0 aliphatic carbocycles. The van der Waals surface area contributed by atoms with Crippen LogP contribution in [0.4, 0.5) is 10.1 Å². The Morgan fingerprint density at radius 3 is 2.05 bits per heavy atom. The molecule has 0 spiro atoms. The van der Waals surface area contributed by atoms with Crippen molar-refractivity contribution in [3.05, 3.63) is 102 Å². The predicted molar refractivity (Wildman–Crippen MR) is 155 cm³/mol. The third-order valence-electron chi connectivity index (χ3n) is 6.92. The first-order valence-electron chi connectivity index (χ1n) is 13.7.